The Balaban J connectivity index is 4.27. The zero-order chi connectivity index (χ0) is 10.5. The third kappa shape index (κ3) is 5.76. The van der Waals surface area contributed by atoms with E-state index in [4.69, 9.17) is 34.1 Å². The van der Waals surface area contributed by atoms with Crippen LogP contribution in [0.4, 0.5) is 0 Å². The van der Waals surface area contributed by atoms with Crippen molar-refractivity contribution in [2.45, 2.75) is 0 Å². The Morgan fingerprint density at radius 2 is 2.08 bits per heavy atom. The molecule has 8 heteroatoms. The van der Waals surface area contributed by atoms with Crippen LogP contribution in [0.2, 0.25) is 0 Å². The first-order valence-electron chi connectivity index (χ1n) is 3.29. The SMILES string of the molecule is COC(=O)CN(CCCl)P(=O)(Cl)Cl. The molecule has 0 fully saturated rings. The van der Waals surface area contributed by atoms with Crippen molar-refractivity contribution in [1.82, 2.24) is 4.67 Å². The van der Waals surface area contributed by atoms with Crippen molar-refractivity contribution < 1.29 is 14.1 Å². The molecule has 0 bridgehead atoms. The van der Waals surface area contributed by atoms with Gasteiger partial charge in [0.05, 0.1) is 7.11 Å². The summed E-state index contributed by atoms with van der Waals surface area (Å²) in [6.07, 6.45) is 0. The van der Waals surface area contributed by atoms with E-state index in [-0.39, 0.29) is 19.0 Å². The first-order valence-corrected chi connectivity index (χ1v) is 7.29. The monoisotopic (exact) mass is 267 g/mol. The molecule has 0 unspecified atom stereocenters. The first kappa shape index (κ1) is 13.5. The molecule has 13 heavy (non-hydrogen) atoms. The second-order valence-corrected chi connectivity index (χ2v) is 7.17. The van der Waals surface area contributed by atoms with Gasteiger partial charge in [-0.1, -0.05) is 0 Å². The molecule has 0 aromatic rings. The van der Waals surface area contributed by atoms with Crippen LogP contribution in [0.3, 0.4) is 0 Å². The van der Waals surface area contributed by atoms with E-state index in [2.05, 4.69) is 4.74 Å². The number of halogens is 3. The number of carbonyl (C=O) groups is 1. The fraction of sp³-hybridized carbons (Fsp3) is 0.800. The van der Waals surface area contributed by atoms with Gasteiger partial charge < -0.3 is 4.74 Å². The molecule has 0 saturated heterocycles. The van der Waals surface area contributed by atoms with Crippen LogP contribution in [-0.4, -0.2) is 36.7 Å². The molecule has 0 rings (SSSR count). The molecule has 0 saturated carbocycles. The number of ether oxygens (including phenoxy) is 1. The Bertz CT molecular complexity index is 219. The summed E-state index contributed by atoms with van der Waals surface area (Å²) in [6, 6.07) is 0. The lowest BCUT2D eigenvalue weighted by Gasteiger charge is -2.19. The lowest BCUT2D eigenvalue weighted by molar-refractivity contribution is -0.140. The van der Waals surface area contributed by atoms with Crippen molar-refractivity contribution in [1.29, 1.82) is 0 Å². The maximum absolute atomic E-state index is 11.1. The third-order valence-corrected chi connectivity index (χ3v) is 3.66. The fourth-order valence-electron chi connectivity index (χ4n) is 0.589. The zero-order valence-electron chi connectivity index (χ0n) is 6.87. The Labute approximate surface area is 91.1 Å². The highest BCUT2D eigenvalue weighted by Gasteiger charge is 2.27. The fourth-order valence-corrected chi connectivity index (χ4v) is 2.30. The molecular weight excluding hydrogens is 259 g/mol. The van der Waals surface area contributed by atoms with Crippen LogP contribution in [0.5, 0.6) is 0 Å². The normalized spacial score (nSPS) is 11.8. The van der Waals surface area contributed by atoms with E-state index in [0.29, 0.717) is 0 Å². The van der Waals surface area contributed by atoms with E-state index in [9.17, 15) is 9.36 Å². The second kappa shape index (κ2) is 6.10. The Kier molecular flexibility index (Phi) is 6.34. The number of nitrogens with zero attached hydrogens (tertiary/aromatic N) is 1. The Hall–Kier alpha value is 0.530. The first-order chi connectivity index (χ1) is 5.91. The van der Waals surface area contributed by atoms with Gasteiger partial charge in [0.2, 0.25) is 0 Å². The lowest BCUT2D eigenvalue weighted by atomic mass is 10.6. The van der Waals surface area contributed by atoms with Gasteiger partial charge >= 0.3 is 12.0 Å². The molecule has 0 heterocycles. The molecule has 0 spiro atoms. The number of esters is 1. The molecule has 0 atom stereocenters. The zero-order valence-corrected chi connectivity index (χ0v) is 10.0. The quantitative estimate of drug-likeness (QED) is 0.436. The summed E-state index contributed by atoms with van der Waals surface area (Å²) in [5.74, 6) is -3.85. The smallest absolute Gasteiger partial charge is 0.322 e. The number of hydrogen-bond acceptors (Lipinski definition) is 3. The summed E-state index contributed by atoms with van der Waals surface area (Å²) in [6.45, 7) is -0.0611. The molecular formula is C5H9Cl3NO3P. The molecule has 0 N–H and O–H groups in total. The van der Waals surface area contributed by atoms with Crippen molar-refractivity contribution in [3.63, 3.8) is 0 Å². The van der Waals surface area contributed by atoms with Gasteiger partial charge in [-0.05, 0) is 22.5 Å². The van der Waals surface area contributed by atoms with E-state index in [0.717, 1.165) is 4.67 Å². The molecule has 4 nitrogen and oxygen atoms in total. The molecule has 78 valence electrons. The largest absolute Gasteiger partial charge is 0.468 e. The van der Waals surface area contributed by atoms with Crippen LogP contribution in [-0.2, 0) is 14.1 Å². The van der Waals surface area contributed by atoms with Crippen LogP contribution in [0.15, 0.2) is 0 Å². The topological polar surface area (TPSA) is 46.6 Å². The van der Waals surface area contributed by atoms with Gasteiger partial charge in [0.15, 0.2) is 0 Å². The summed E-state index contributed by atoms with van der Waals surface area (Å²) in [5.41, 5.74) is 0. The van der Waals surface area contributed by atoms with Gasteiger partial charge in [-0.25, -0.2) is 4.67 Å². The van der Waals surface area contributed by atoms with Gasteiger partial charge in [-0.3, -0.25) is 9.36 Å². The van der Waals surface area contributed by atoms with E-state index in [1.165, 1.54) is 7.11 Å². The molecule has 0 radical (unpaired) electrons. The number of carbonyl (C=O) groups excluding carboxylic acids is 1. The van der Waals surface area contributed by atoms with Crippen LogP contribution in [0, 0.1) is 0 Å². The van der Waals surface area contributed by atoms with Crippen LogP contribution < -0.4 is 0 Å². The number of methoxy groups -OCH3 is 1. The van der Waals surface area contributed by atoms with Crippen molar-refractivity contribution >= 4 is 46.0 Å². The Morgan fingerprint density at radius 3 is 2.38 bits per heavy atom. The van der Waals surface area contributed by atoms with Crippen LogP contribution >= 0.6 is 40.1 Å². The van der Waals surface area contributed by atoms with Crippen LogP contribution in [0.25, 0.3) is 0 Å². The summed E-state index contributed by atoms with van der Waals surface area (Å²) in [5, 5.41) is 0. The van der Waals surface area contributed by atoms with Crippen molar-refractivity contribution in [3.8, 4) is 0 Å². The average Bonchev–Trinajstić information content (AvgIpc) is 2.01. The number of hydrogen-bond donors (Lipinski definition) is 0. The van der Waals surface area contributed by atoms with Gasteiger partial charge in [0.1, 0.15) is 6.54 Å². The second-order valence-electron chi connectivity index (χ2n) is 2.09. The summed E-state index contributed by atoms with van der Waals surface area (Å²) >= 11 is 16.1. The molecule has 0 aliphatic carbocycles. The number of alkyl halides is 1. The lowest BCUT2D eigenvalue weighted by Crippen LogP contribution is -2.27. The van der Waals surface area contributed by atoms with Gasteiger partial charge in [-0.15, -0.1) is 11.6 Å². The predicted molar refractivity (Wildman–Crippen MR) is 53.6 cm³/mol. The highest BCUT2D eigenvalue weighted by molar-refractivity contribution is 8.06. The van der Waals surface area contributed by atoms with Gasteiger partial charge in [0, 0.05) is 12.4 Å². The van der Waals surface area contributed by atoms with Crippen LogP contribution in [0.1, 0.15) is 0 Å². The predicted octanol–water partition coefficient (Wildman–Crippen LogP) is 2.29. The van der Waals surface area contributed by atoms with Crippen molar-refractivity contribution in [2.24, 2.45) is 0 Å². The van der Waals surface area contributed by atoms with E-state index < -0.39 is 12.0 Å². The molecule has 0 aliphatic heterocycles. The highest BCUT2D eigenvalue weighted by Crippen LogP contribution is 2.59. The highest BCUT2D eigenvalue weighted by atomic mass is 35.9. The van der Waals surface area contributed by atoms with E-state index in [1.54, 1.807) is 0 Å². The summed E-state index contributed by atoms with van der Waals surface area (Å²) in [7, 11) is 1.22. The third-order valence-electron chi connectivity index (χ3n) is 1.21. The molecule has 0 aliphatic rings. The summed E-state index contributed by atoms with van der Waals surface area (Å²) < 4.78 is 16.6. The average molecular weight is 268 g/mol. The van der Waals surface area contributed by atoms with E-state index in [1.807, 2.05) is 0 Å². The summed E-state index contributed by atoms with van der Waals surface area (Å²) in [4.78, 5) is 10.8. The maximum atomic E-state index is 11.1. The minimum atomic E-state index is -3.47. The number of rotatable bonds is 5. The minimum Gasteiger partial charge on any atom is -0.468 e. The molecule has 0 aromatic carbocycles. The Morgan fingerprint density at radius 1 is 1.54 bits per heavy atom. The molecule has 0 amide bonds. The minimum absolute atomic E-state index is 0.168. The van der Waals surface area contributed by atoms with Crippen molar-refractivity contribution in [3.05, 3.63) is 0 Å². The van der Waals surface area contributed by atoms with Gasteiger partial charge in [-0.2, -0.15) is 0 Å². The van der Waals surface area contributed by atoms with E-state index >= 15 is 0 Å². The maximum Gasteiger partial charge on any atom is 0.322 e. The van der Waals surface area contributed by atoms with Crippen molar-refractivity contribution in [2.75, 3.05) is 26.1 Å². The molecule has 0 aromatic heterocycles. The standard InChI is InChI=1S/C5H9Cl3NO3P/c1-12-5(10)4-9(3-2-6)13(7,8)11/h2-4H2,1H3. The van der Waals surface area contributed by atoms with Gasteiger partial charge in [0.25, 0.3) is 0 Å².